The zero-order valence-corrected chi connectivity index (χ0v) is 22.1. The van der Waals surface area contributed by atoms with Crippen LogP contribution in [0, 0.1) is 0 Å². The number of nitrogens with one attached hydrogen (secondary N) is 1. The van der Waals surface area contributed by atoms with Crippen molar-refractivity contribution in [2.45, 2.75) is 64.1 Å². The number of carbonyl (C=O) groups is 4. The second-order valence-electron chi connectivity index (χ2n) is 9.89. The van der Waals surface area contributed by atoms with Gasteiger partial charge in [-0.05, 0) is 46.5 Å². The van der Waals surface area contributed by atoms with E-state index >= 15 is 0 Å². The van der Waals surface area contributed by atoms with Crippen molar-refractivity contribution in [3.05, 3.63) is 22.3 Å². The van der Waals surface area contributed by atoms with Crippen LogP contribution in [0.2, 0.25) is 0 Å². The van der Waals surface area contributed by atoms with Crippen molar-refractivity contribution in [1.82, 2.24) is 25.1 Å². The molecule has 13 heteroatoms. The number of methoxy groups -OCH3 is 1. The number of rotatable bonds is 6. The Kier molecular flexibility index (Phi) is 7.81. The lowest BCUT2D eigenvalue weighted by Crippen LogP contribution is -2.41. The molecule has 3 amide bonds. The summed E-state index contributed by atoms with van der Waals surface area (Å²) in [6.07, 6.45) is 3.42. The van der Waals surface area contributed by atoms with E-state index in [9.17, 15) is 19.2 Å². The Labute approximate surface area is 218 Å². The summed E-state index contributed by atoms with van der Waals surface area (Å²) in [6.45, 7) is 6.09. The highest BCUT2D eigenvalue weighted by Crippen LogP contribution is 2.35. The van der Waals surface area contributed by atoms with E-state index < -0.39 is 29.6 Å². The van der Waals surface area contributed by atoms with Crippen LogP contribution in [-0.2, 0) is 19.1 Å². The highest BCUT2D eigenvalue weighted by molar-refractivity contribution is 7.10. The minimum absolute atomic E-state index is 0.0891. The van der Waals surface area contributed by atoms with Gasteiger partial charge >= 0.3 is 12.1 Å². The average molecular weight is 534 g/mol. The molecule has 2 fully saturated rings. The Morgan fingerprint density at radius 2 is 1.86 bits per heavy atom. The lowest BCUT2D eigenvalue weighted by Gasteiger charge is -2.24. The van der Waals surface area contributed by atoms with Crippen molar-refractivity contribution >= 4 is 35.2 Å². The highest BCUT2D eigenvalue weighted by Gasteiger charge is 2.37. The van der Waals surface area contributed by atoms with Crippen molar-refractivity contribution < 1.29 is 33.1 Å². The first-order valence-corrected chi connectivity index (χ1v) is 13.0. The molecule has 0 unspecified atom stereocenters. The zero-order chi connectivity index (χ0) is 26.7. The fourth-order valence-corrected chi connectivity index (χ4v) is 5.39. The zero-order valence-electron chi connectivity index (χ0n) is 21.3. The van der Waals surface area contributed by atoms with Crippen molar-refractivity contribution in [3.63, 3.8) is 0 Å². The topological polar surface area (TPSA) is 144 Å². The largest absolute Gasteiger partial charge is 0.467 e. The Morgan fingerprint density at radius 1 is 1.14 bits per heavy atom. The van der Waals surface area contributed by atoms with E-state index in [1.54, 1.807) is 31.1 Å². The SMILES string of the molecule is COC(=O)[C@@H]1CCCN1C(=O)c1coc(-c2csc([C@@H]3CCCN3C(=O)CNC(=O)OC(C)(C)C)n2)n1. The average Bonchev–Trinajstić information content (AvgIpc) is 3.65. The Morgan fingerprint density at radius 3 is 2.59 bits per heavy atom. The summed E-state index contributed by atoms with van der Waals surface area (Å²) in [5, 5.41) is 4.99. The van der Waals surface area contributed by atoms with Crippen LogP contribution < -0.4 is 5.32 Å². The molecule has 4 rings (SSSR count). The molecule has 0 radical (unpaired) electrons. The maximum atomic E-state index is 12.9. The summed E-state index contributed by atoms with van der Waals surface area (Å²) in [6, 6.07) is -0.854. The quantitative estimate of drug-likeness (QED) is 0.554. The highest BCUT2D eigenvalue weighted by atomic mass is 32.1. The van der Waals surface area contributed by atoms with Crippen LogP contribution in [0.4, 0.5) is 4.79 Å². The third kappa shape index (κ3) is 6.09. The molecule has 0 bridgehead atoms. The Bertz CT molecular complexity index is 1170. The van der Waals surface area contributed by atoms with Gasteiger partial charge in [-0.1, -0.05) is 0 Å². The van der Waals surface area contributed by atoms with Gasteiger partial charge in [0.25, 0.3) is 5.91 Å². The minimum Gasteiger partial charge on any atom is -0.467 e. The number of aromatic nitrogens is 2. The normalized spacial score (nSPS) is 19.7. The molecular formula is C24H31N5O7S. The number of esters is 1. The van der Waals surface area contributed by atoms with Crippen LogP contribution in [0.25, 0.3) is 11.6 Å². The van der Waals surface area contributed by atoms with E-state index in [0.29, 0.717) is 31.6 Å². The van der Waals surface area contributed by atoms with Crippen molar-refractivity contribution in [1.29, 1.82) is 0 Å². The molecule has 2 aliphatic heterocycles. The van der Waals surface area contributed by atoms with Crippen LogP contribution in [0.1, 0.15) is 68.0 Å². The third-order valence-corrected chi connectivity index (χ3v) is 7.04. The van der Waals surface area contributed by atoms with E-state index in [1.165, 1.54) is 29.6 Å². The Balaban J connectivity index is 1.40. The predicted molar refractivity (Wildman–Crippen MR) is 132 cm³/mol. The van der Waals surface area contributed by atoms with E-state index in [-0.39, 0.29) is 30.1 Å². The maximum Gasteiger partial charge on any atom is 0.408 e. The number of hydrogen-bond acceptors (Lipinski definition) is 10. The van der Waals surface area contributed by atoms with E-state index in [0.717, 1.165) is 17.8 Å². The number of oxazole rings is 1. The first kappa shape index (κ1) is 26.6. The summed E-state index contributed by atoms with van der Waals surface area (Å²) in [4.78, 5) is 61.7. The van der Waals surface area contributed by atoms with Crippen LogP contribution in [0.5, 0.6) is 0 Å². The summed E-state index contributed by atoms with van der Waals surface area (Å²) in [7, 11) is 1.30. The van der Waals surface area contributed by atoms with Crippen molar-refractivity contribution in [2.75, 3.05) is 26.7 Å². The molecule has 0 saturated carbocycles. The van der Waals surface area contributed by atoms with Crippen molar-refractivity contribution in [3.8, 4) is 11.6 Å². The number of amides is 3. The number of hydrogen-bond donors (Lipinski definition) is 1. The van der Waals surface area contributed by atoms with Gasteiger partial charge in [0, 0.05) is 18.5 Å². The van der Waals surface area contributed by atoms with Gasteiger partial charge in [0.1, 0.15) is 35.2 Å². The number of carbonyl (C=O) groups excluding carboxylic acids is 4. The molecule has 2 aliphatic rings. The van der Waals surface area contributed by atoms with Crippen molar-refractivity contribution in [2.24, 2.45) is 0 Å². The number of ether oxygens (including phenoxy) is 2. The number of alkyl carbamates (subject to hydrolysis) is 1. The molecule has 12 nitrogen and oxygen atoms in total. The number of nitrogens with zero attached hydrogens (tertiary/aromatic N) is 4. The molecule has 0 spiro atoms. The van der Waals surface area contributed by atoms with Gasteiger partial charge in [-0.15, -0.1) is 11.3 Å². The van der Waals surface area contributed by atoms with Gasteiger partial charge < -0.3 is 29.0 Å². The fraction of sp³-hybridized carbons (Fsp3) is 0.583. The molecule has 2 atom stereocenters. The van der Waals surface area contributed by atoms with Gasteiger partial charge in [0.2, 0.25) is 11.8 Å². The lowest BCUT2D eigenvalue weighted by atomic mass is 10.2. The van der Waals surface area contributed by atoms with E-state index in [2.05, 4.69) is 15.3 Å². The van der Waals surface area contributed by atoms with Crippen LogP contribution in [0.3, 0.4) is 0 Å². The summed E-state index contributed by atoms with van der Waals surface area (Å²) in [5.74, 6) is -0.888. The summed E-state index contributed by atoms with van der Waals surface area (Å²) < 4.78 is 15.5. The number of thiazole rings is 1. The standard InChI is InChI=1S/C24H31N5O7S/c1-24(2,3)36-23(33)25-11-18(30)28-9-5-7-16(28)20-27-15(13-37-20)19-26-14(12-35-19)21(31)29-10-6-8-17(29)22(32)34-4/h12-13,16-17H,5-11H2,1-4H3,(H,25,33)/t16-,17-/m0/s1. The second-order valence-corrected chi connectivity index (χ2v) is 10.8. The third-order valence-electron chi connectivity index (χ3n) is 6.09. The maximum absolute atomic E-state index is 12.9. The lowest BCUT2D eigenvalue weighted by molar-refractivity contribution is -0.145. The first-order valence-electron chi connectivity index (χ1n) is 12.1. The van der Waals surface area contributed by atoms with Gasteiger partial charge in [-0.3, -0.25) is 9.59 Å². The summed E-state index contributed by atoms with van der Waals surface area (Å²) >= 11 is 1.37. The molecular weight excluding hydrogens is 502 g/mol. The van der Waals surface area contributed by atoms with Gasteiger partial charge in [-0.2, -0.15) is 0 Å². The molecule has 4 heterocycles. The van der Waals surface area contributed by atoms with E-state index in [1.807, 2.05) is 0 Å². The predicted octanol–water partition coefficient (Wildman–Crippen LogP) is 2.76. The Hall–Kier alpha value is -3.48. The second kappa shape index (κ2) is 10.9. The van der Waals surface area contributed by atoms with Gasteiger partial charge in [0.05, 0.1) is 13.2 Å². The summed E-state index contributed by atoms with van der Waals surface area (Å²) in [5.41, 5.74) is -0.106. The monoisotopic (exact) mass is 533 g/mol. The molecule has 2 aromatic rings. The molecule has 1 N–H and O–H groups in total. The molecule has 200 valence electrons. The van der Waals surface area contributed by atoms with Crippen LogP contribution in [-0.4, -0.2) is 82.0 Å². The molecule has 2 aromatic heterocycles. The molecule has 0 aliphatic carbocycles. The first-order chi connectivity index (χ1) is 17.6. The fourth-order valence-electron chi connectivity index (χ4n) is 4.45. The number of likely N-dealkylation sites (tertiary alicyclic amines) is 2. The van der Waals surface area contributed by atoms with Gasteiger partial charge in [-0.25, -0.2) is 19.6 Å². The van der Waals surface area contributed by atoms with Crippen LogP contribution in [0.15, 0.2) is 16.1 Å². The molecule has 2 saturated heterocycles. The minimum atomic E-state index is -0.650. The van der Waals surface area contributed by atoms with Crippen LogP contribution >= 0.6 is 11.3 Å². The van der Waals surface area contributed by atoms with E-state index in [4.69, 9.17) is 13.9 Å². The molecule has 37 heavy (non-hydrogen) atoms. The molecule has 0 aromatic carbocycles. The van der Waals surface area contributed by atoms with Gasteiger partial charge in [0.15, 0.2) is 5.69 Å². The smallest absolute Gasteiger partial charge is 0.408 e.